The van der Waals surface area contributed by atoms with Crippen molar-refractivity contribution in [2.75, 3.05) is 6.61 Å². The smallest absolute Gasteiger partial charge is 0.276 e. The van der Waals surface area contributed by atoms with Gasteiger partial charge in [0.05, 0.1) is 6.42 Å². The van der Waals surface area contributed by atoms with Crippen LogP contribution in [0.15, 0.2) is 42.5 Å². The molecule has 130 valence electrons. The Kier molecular flexibility index (Phi) is 5.33. The number of aryl methyl sites for hydroxylation is 1. The number of rotatable bonds is 5. The Bertz CT molecular complexity index is 772. The predicted octanol–water partition coefficient (Wildman–Crippen LogP) is 2.25. The number of hydrogen-bond donors (Lipinski definition) is 2. The Labute approximate surface area is 147 Å². The van der Waals surface area contributed by atoms with Gasteiger partial charge in [-0.1, -0.05) is 36.4 Å². The first-order valence-corrected chi connectivity index (χ1v) is 8.49. The van der Waals surface area contributed by atoms with Crippen LogP contribution >= 0.6 is 0 Å². The van der Waals surface area contributed by atoms with E-state index in [0.717, 1.165) is 30.6 Å². The molecule has 0 saturated heterocycles. The predicted molar refractivity (Wildman–Crippen MR) is 95.1 cm³/mol. The summed E-state index contributed by atoms with van der Waals surface area (Å²) in [6.07, 6.45) is 3.40. The Morgan fingerprint density at radius 1 is 0.960 bits per heavy atom. The SMILES string of the molecule is Cc1ccc(OCC(=O)NNC(=O)Cc2ccccc2)c2c1CCC2. The fourth-order valence-corrected chi connectivity index (χ4v) is 3.13. The number of hydrogen-bond acceptors (Lipinski definition) is 3. The highest BCUT2D eigenvalue weighted by atomic mass is 16.5. The van der Waals surface area contributed by atoms with Gasteiger partial charge in [0, 0.05) is 0 Å². The van der Waals surface area contributed by atoms with E-state index < -0.39 is 0 Å². The van der Waals surface area contributed by atoms with E-state index in [0.29, 0.717) is 0 Å². The summed E-state index contributed by atoms with van der Waals surface area (Å²) in [7, 11) is 0. The highest BCUT2D eigenvalue weighted by Gasteiger charge is 2.18. The van der Waals surface area contributed by atoms with Crippen molar-refractivity contribution < 1.29 is 14.3 Å². The normalized spacial score (nSPS) is 12.4. The van der Waals surface area contributed by atoms with Crippen LogP contribution in [0.2, 0.25) is 0 Å². The van der Waals surface area contributed by atoms with Crippen molar-refractivity contribution in [1.29, 1.82) is 0 Å². The lowest BCUT2D eigenvalue weighted by molar-refractivity contribution is -0.129. The van der Waals surface area contributed by atoms with E-state index in [9.17, 15) is 9.59 Å². The number of carbonyl (C=O) groups is 2. The zero-order valence-corrected chi connectivity index (χ0v) is 14.3. The van der Waals surface area contributed by atoms with Gasteiger partial charge < -0.3 is 4.74 Å². The van der Waals surface area contributed by atoms with Crippen molar-refractivity contribution in [2.24, 2.45) is 0 Å². The minimum Gasteiger partial charge on any atom is -0.483 e. The zero-order chi connectivity index (χ0) is 17.6. The molecule has 0 aliphatic heterocycles. The van der Waals surface area contributed by atoms with Crippen LogP contribution in [0.4, 0.5) is 0 Å². The molecule has 2 aromatic carbocycles. The average molecular weight is 338 g/mol. The van der Waals surface area contributed by atoms with Gasteiger partial charge in [-0.05, 0) is 54.5 Å². The van der Waals surface area contributed by atoms with Crippen LogP contribution in [0.1, 0.15) is 28.7 Å². The third-order valence-corrected chi connectivity index (χ3v) is 4.38. The second-order valence-electron chi connectivity index (χ2n) is 6.24. The van der Waals surface area contributed by atoms with Gasteiger partial charge >= 0.3 is 0 Å². The molecule has 0 aromatic heterocycles. The second-order valence-corrected chi connectivity index (χ2v) is 6.24. The highest BCUT2D eigenvalue weighted by Crippen LogP contribution is 2.32. The molecule has 0 radical (unpaired) electrons. The molecule has 5 heteroatoms. The molecule has 2 amide bonds. The van der Waals surface area contributed by atoms with Crippen molar-refractivity contribution >= 4 is 11.8 Å². The molecule has 0 spiro atoms. The van der Waals surface area contributed by atoms with Gasteiger partial charge in [0.25, 0.3) is 5.91 Å². The van der Waals surface area contributed by atoms with Crippen LogP contribution in [-0.2, 0) is 28.9 Å². The zero-order valence-electron chi connectivity index (χ0n) is 14.3. The molecule has 2 N–H and O–H groups in total. The third-order valence-electron chi connectivity index (χ3n) is 4.38. The molecular formula is C20H22N2O3. The number of hydrazine groups is 1. The second kappa shape index (κ2) is 7.83. The van der Waals surface area contributed by atoms with E-state index in [1.807, 2.05) is 42.5 Å². The molecule has 1 aliphatic rings. The first-order valence-electron chi connectivity index (χ1n) is 8.49. The van der Waals surface area contributed by atoms with E-state index in [4.69, 9.17) is 4.74 Å². The van der Waals surface area contributed by atoms with E-state index in [1.165, 1.54) is 16.7 Å². The topological polar surface area (TPSA) is 67.4 Å². The lowest BCUT2D eigenvalue weighted by atomic mass is 10.0. The summed E-state index contributed by atoms with van der Waals surface area (Å²) >= 11 is 0. The maximum absolute atomic E-state index is 11.9. The number of fused-ring (bicyclic) bond motifs is 1. The molecule has 2 aromatic rings. The minimum absolute atomic E-state index is 0.124. The van der Waals surface area contributed by atoms with Crippen LogP contribution in [0.25, 0.3) is 0 Å². The summed E-state index contributed by atoms with van der Waals surface area (Å²) in [6, 6.07) is 13.3. The van der Waals surface area contributed by atoms with Gasteiger partial charge in [-0.2, -0.15) is 0 Å². The number of benzene rings is 2. The fraction of sp³-hybridized carbons (Fsp3) is 0.300. The summed E-state index contributed by atoms with van der Waals surface area (Å²) in [4.78, 5) is 23.7. The Morgan fingerprint density at radius 2 is 1.68 bits per heavy atom. The summed E-state index contributed by atoms with van der Waals surface area (Å²) in [6.45, 7) is 1.98. The monoisotopic (exact) mass is 338 g/mol. The highest BCUT2D eigenvalue weighted by molar-refractivity contribution is 5.83. The molecule has 0 heterocycles. The summed E-state index contributed by atoms with van der Waals surface area (Å²) in [5.41, 5.74) is 9.51. The van der Waals surface area contributed by atoms with Gasteiger partial charge in [0.2, 0.25) is 5.91 Å². The van der Waals surface area contributed by atoms with Crippen LogP contribution in [0.3, 0.4) is 0 Å². The molecule has 0 unspecified atom stereocenters. The number of amides is 2. The van der Waals surface area contributed by atoms with Gasteiger partial charge in [0.15, 0.2) is 6.61 Å². The van der Waals surface area contributed by atoms with Crippen molar-refractivity contribution in [2.45, 2.75) is 32.6 Å². The van der Waals surface area contributed by atoms with Crippen molar-refractivity contribution in [1.82, 2.24) is 10.9 Å². The molecule has 0 fully saturated rings. The van der Waals surface area contributed by atoms with E-state index in [1.54, 1.807) is 0 Å². The summed E-state index contributed by atoms with van der Waals surface area (Å²) in [5, 5.41) is 0. The Morgan fingerprint density at radius 3 is 2.48 bits per heavy atom. The maximum Gasteiger partial charge on any atom is 0.276 e. The minimum atomic E-state index is -0.381. The standard InChI is InChI=1S/C20H22N2O3/c1-14-10-11-18(17-9-5-8-16(14)17)25-13-20(24)22-21-19(23)12-15-6-3-2-4-7-15/h2-4,6-7,10-11H,5,8-9,12-13H2,1H3,(H,21,23)(H,22,24). The van der Waals surface area contributed by atoms with E-state index in [2.05, 4.69) is 17.8 Å². The van der Waals surface area contributed by atoms with E-state index in [-0.39, 0.29) is 24.8 Å². The summed E-state index contributed by atoms with van der Waals surface area (Å²) < 4.78 is 5.65. The Balaban J connectivity index is 1.46. The molecule has 0 saturated carbocycles. The summed E-state index contributed by atoms with van der Waals surface area (Å²) in [5.74, 6) is 0.119. The van der Waals surface area contributed by atoms with Gasteiger partial charge in [0.1, 0.15) is 5.75 Å². The molecule has 25 heavy (non-hydrogen) atoms. The van der Waals surface area contributed by atoms with Gasteiger partial charge in [-0.15, -0.1) is 0 Å². The number of nitrogens with one attached hydrogen (secondary N) is 2. The quantitative estimate of drug-likeness (QED) is 0.822. The lowest BCUT2D eigenvalue weighted by Crippen LogP contribution is -2.44. The van der Waals surface area contributed by atoms with Crippen molar-refractivity contribution in [3.63, 3.8) is 0 Å². The molecule has 5 nitrogen and oxygen atoms in total. The number of carbonyl (C=O) groups excluding carboxylic acids is 2. The van der Waals surface area contributed by atoms with Crippen LogP contribution in [-0.4, -0.2) is 18.4 Å². The van der Waals surface area contributed by atoms with Crippen molar-refractivity contribution in [3.8, 4) is 5.75 Å². The maximum atomic E-state index is 11.9. The molecular weight excluding hydrogens is 316 g/mol. The third kappa shape index (κ3) is 4.38. The Hall–Kier alpha value is -2.82. The largest absolute Gasteiger partial charge is 0.483 e. The molecule has 0 atom stereocenters. The van der Waals surface area contributed by atoms with Crippen LogP contribution in [0.5, 0.6) is 5.75 Å². The number of ether oxygens (including phenoxy) is 1. The molecule has 1 aliphatic carbocycles. The van der Waals surface area contributed by atoms with E-state index >= 15 is 0 Å². The molecule has 0 bridgehead atoms. The van der Waals surface area contributed by atoms with Crippen LogP contribution < -0.4 is 15.6 Å². The van der Waals surface area contributed by atoms with Gasteiger partial charge in [-0.3, -0.25) is 20.4 Å². The fourth-order valence-electron chi connectivity index (χ4n) is 3.13. The first-order chi connectivity index (χ1) is 12.1. The van der Waals surface area contributed by atoms with Crippen molar-refractivity contribution in [3.05, 3.63) is 64.7 Å². The van der Waals surface area contributed by atoms with Crippen LogP contribution in [0, 0.1) is 6.92 Å². The average Bonchev–Trinajstić information content (AvgIpc) is 3.11. The van der Waals surface area contributed by atoms with Gasteiger partial charge in [-0.25, -0.2) is 0 Å². The molecule has 3 rings (SSSR count). The lowest BCUT2D eigenvalue weighted by Gasteiger charge is -2.13. The first kappa shape index (κ1) is 17.0.